The molecule has 4 rings (SSSR count). The number of aromatic nitrogens is 5. The van der Waals surface area contributed by atoms with Crippen molar-refractivity contribution in [3.05, 3.63) is 77.6 Å². The monoisotopic (exact) mass is 418 g/mol. The van der Waals surface area contributed by atoms with E-state index in [2.05, 4.69) is 25.7 Å². The lowest BCUT2D eigenvalue weighted by Crippen LogP contribution is -2.28. The SMILES string of the molecule is Cc1nn(-c2ccccc2)nc1C(=O)N[C@H](C)c1onc(-c2cccnc2)c1C(=O)O. The molecule has 0 saturated heterocycles. The Kier molecular flexibility index (Phi) is 5.27. The van der Waals surface area contributed by atoms with Gasteiger partial charge in [-0.2, -0.15) is 9.90 Å². The van der Waals surface area contributed by atoms with Crippen molar-refractivity contribution >= 4 is 11.9 Å². The largest absolute Gasteiger partial charge is 0.477 e. The Morgan fingerprint density at radius 3 is 2.58 bits per heavy atom. The van der Waals surface area contributed by atoms with Crippen molar-refractivity contribution < 1.29 is 19.2 Å². The average molecular weight is 418 g/mol. The van der Waals surface area contributed by atoms with E-state index in [0.717, 1.165) is 0 Å². The van der Waals surface area contributed by atoms with Gasteiger partial charge in [-0.15, -0.1) is 5.10 Å². The van der Waals surface area contributed by atoms with Crippen LogP contribution in [0.1, 0.15) is 45.3 Å². The number of rotatable bonds is 6. The summed E-state index contributed by atoms with van der Waals surface area (Å²) in [6, 6.07) is 11.7. The molecule has 0 aliphatic heterocycles. The van der Waals surface area contributed by atoms with Gasteiger partial charge in [0.15, 0.2) is 11.5 Å². The molecule has 10 nitrogen and oxygen atoms in total. The molecular formula is C21H18N6O4. The predicted molar refractivity (Wildman–Crippen MR) is 109 cm³/mol. The fraction of sp³-hybridized carbons (Fsp3) is 0.143. The van der Waals surface area contributed by atoms with Crippen LogP contribution in [0.3, 0.4) is 0 Å². The summed E-state index contributed by atoms with van der Waals surface area (Å²) in [4.78, 5) is 30.0. The minimum atomic E-state index is -1.22. The molecule has 1 amide bonds. The minimum absolute atomic E-state index is 0.0211. The summed E-state index contributed by atoms with van der Waals surface area (Å²) in [5.41, 5.74) is 1.77. The van der Waals surface area contributed by atoms with Crippen LogP contribution in [0.15, 0.2) is 59.4 Å². The minimum Gasteiger partial charge on any atom is -0.477 e. The first-order valence-electron chi connectivity index (χ1n) is 9.39. The number of hydrogen-bond donors (Lipinski definition) is 2. The highest BCUT2D eigenvalue weighted by Crippen LogP contribution is 2.29. The van der Waals surface area contributed by atoms with Gasteiger partial charge in [-0.1, -0.05) is 23.4 Å². The fourth-order valence-electron chi connectivity index (χ4n) is 3.10. The molecule has 2 N–H and O–H groups in total. The maximum atomic E-state index is 12.8. The third-order valence-electron chi connectivity index (χ3n) is 4.59. The third-order valence-corrected chi connectivity index (χ3v) is 4.59. The van der Waals surface area contributed by atoms with Gasteiger partial charge < -0.3 is 14.9 Å². The van der Waals surface area contributed by atoms with Crippen LogP contribution in [0, 0.1) is 6.92 Å². The van der Waals surface area contributed by atoms with Gasteiger partial charge in [-0.25, -0.2) is 4.79 Å². The lowest BCUT2D eigenvalue weighted by Gasteiger charge is -2.11. The number of carbonyl (C=O) groups is 2. The van der Waals surface area contributed by atoms with Crippen molar-refractivity contribution in [2.24, 2.45) is 0 Å². The molecule has 0 saturated carbocycles. The van der Waals surface area contributed by atoms with Crippen LogP contribution < -0.4 is 5.32 Å². The molecule has 3 aromatic heterocycles. The third kappa shape index (κ3) is 3.90. The quantitative estimate of drug-likeness (QED) is 0.488. The van der Waals surface area contributed by atoms with Crippen molar-refractivity contribution in [3.8, 4) is 16.9 Å². The van der Waals surface area contributed by atoms with E-state index in [1.165, 1.54) is 11.0 Å². The lowest BCUT2D eigenvalue weighted by molar-refractivity contribution is 0.0692. The molecule has 0 unspecified atom stereocenters. The van der Waals surface area contributed by atoms with Crippen LogP contribution >= 0.6 is 0 Å². The van der Waals surface area contributed by atoms with E-state index >= 15 is 0 Å². The molecule has 1 atom stereocenters. The Hall–Kier alpha value is -4.34. The van der Waals surface area contributed by atoms with E-state index in [9.17, 15) is 14.7 Å². The maximum Gasteiger partial charge on any atom is 0.341 e. The number of para-hydroxylation sites is 1. The fourth-order valence-corrected chi connectivity index (χ4v) is 3.10. The number of aromatic carboxylic acids is 1. The zero-order valence-electron chi connectivity index (χ0n) is 16.7. The van der Waals surface area contributed by atoms with Crippen LogP contribution in [0.25, 0.3) is 16.9 Å². The first kappa shape index (κ1) is 20.0. The van der Waals surface area contributed by atoms with Crippen LogP contribution in [-0.2, 0) is 0 Å². The van der Waals surface area contributed by atoms with Gasteiger partial charge in [0, 0.05) is 18.0 Å². The van der Waals surface area contributed by atoms with E-state index < -0.39 is 17.9 Å². The Labute approximate surface area is 176 Å². The molecule has 4 aromatic rings. The summed E-state index contributed by atoms with van der Waals surface area (Å²) in [7, 11) is 0. The normalized spacial score (nSPS) is 11.8. The van der Waals surface area contributed by atoms with Gasteiger partial charge in [0.05, 0.1) is 17.4 Å². The van der Waals surface area contributed by atoms with Gasteiger partial charge >= 0.3 is 5.97 Å². The van der Waals surface area contributed by atoms with Crippen molar-refractivity contribution in [2.75, 3.05) is 0 Å². The molecular weight excluding hydrogens is 400 g/mol. The number of nitrogens with one attached hydrogen (secondary N) is 1. The van der Waals surface area contributed by atoms with Gasteiger partial charge in [0.1, 0.15) is 11.3 Å². The molecule has 0 aliphatic carbocycles. The maximum absolute atomic E-state index is 12.8. The predicted octanol–water partition coefficient (Wildman–Crippen LogP) is 2.81. The summed E-state index contributed by atoms with van der Waals surface area (Å²) >= 11 is 0. The van der Waals surface area contributed by atoms with Crippen molar-refractivity contribution in [2.45, 2.75) is 19.9 Å². The van der Waals surface area contributed by atoms with Crippen molar-refractivity contribution in [1.82, 2.24) is 30.5 Å². The molecule has 3 heterocycles. The lowest BCUT2D eigenvalue weighted by atomic mass is 10.0. The van der Waals surface area contributed by atoms with Crippen molar-refractivity contribution in [3.63, 3.8) is 0 Å². The van der Waals surface area contributed by atoms with Crippen molar-refractivity contribution in [1.29, 1.82) is 0 Å². The molecule has 0 fully saturated rings. The number of pyridine rings is 1. The summed E-state index contributed by atoms with van der Waals surface area (Å²) in [6.07, 6.45) is 3.06. The Bertz CT molecular complexity index is 1230. The van der Waals surface area contributed by atoms with E-state index in [0.29, 0.717) is 16.9 Å². The standard InChI is InChI=1S/C21H18N6O4/c1-12-17(25-27(24-12)15-8-4-3-5-9-15)20(28)23-13(2)19-16(21(29)30)18(26-31-19)14-7-6-10-22-11-14/h3-11,13H,1-2H3,(H,23,28)(H,29,30)/t13-/m1/s1. The first-order chi connectivity index (χ1) is 15.0. The highest BCUT2D eigenvalue weighted by Gasteiger charge is 2.29. The molecule has 0 spiro atoms. The van der Waals surface area contributed by atoms with Crippen LogP contribution in [-0.4, -0.2) is 42.1 Å². The molecule has 1 aromatic carbocycles. The molecule has 156 valence electrons. The summed E-state index contributed by atoms with van der Waals surface area (Å²) in [5, 5.41) is 24.9. The van der Waals surface area contributed by atoms with E-state index in [4.69, 9.17) is 4.52 Å². The summed E-state index contributed by atoms with van der Waals surface area (Å²) in [6.45, 7) is 3.28. The molecule has 0 aliphatic rings. The van der Waals surface area contributed by atoms with Gasteiger partial charge in [0.25, 0.3) is 5.91 Å². The van der Waals surface area contributed by atoms with E-state index in [-0.39, 0.29) is 22.7 Å². The topological polar surface area (TPSA) is 136 Å². The highest BCUT2D eigenvalue weighted by atomic mass is 16.5. The van der Waals surface area contributed by atoms with Gasteiger partial charge in [-0.05, 0) is 38.1 Å². The number of carbonyl (C=O) groups excluding carboxylic acids is 1. The average Bonchev–Trinajstić information content (AvgIpc) is 3.39. The Morgan fingerprint density at radius 1 is 1.13 bits per heavy atom. The number of carboxylic acid groups (broad SMARTS) is 1. The number of benzene rings is 1. The van der Waals surface area contributed by atoms with E-state index in [1.54, 1.807) is 32.2 Å². The summed E-state index contributed by atoms with van der Waals surface area (Å²) in [5.74, 6) is -1.71. The highest BCUT2D eigenvalue weighted by molar-refractivity contribution is 5.97. The number of amides is 1. The van der Waals surface area contributed by atoms with Gasteiger partial charge in [0.2, 0.25) is 0 Å². The second-order valence-electron chi connectivity index (χ2n) is 6.77. The number of aryl methyl sites for hydroxylation is 1. The van der Waals surface area contributed by atoms with Crippen LogP contribution in [0.2, 0.25) is 0 Å². The second kappa shape index (κ2) is 8.19. The summed E-state index contributed by atoms with van der Waals surface area (Å²) < 4.78 is 5.30. The first-order valence-corrected chi connectivity index (χ1v) is 9.39. The molecule has 0 radical (unpaired) electrons. The number of carboxylic acids is 1. The Balaban J connectivity index is 1.60. The Morgan fingerprint density at radius 2 is 1.90 bits per heavy atom. The number of nitrogens with zero attached hydrogens (tertiary/aromatic N) is 5. The zero-order valence-corrected chi connectivity index (χ0v) is 16.7. The van der Waals surface area contributed by atoms with Gasteiger partial charge in [-0.3, -0.25) is 9.78 Å². The number of hydrogen-bond acceptors (Lipinski definition) is 7. The smallest absolute Gasteiger partial charge is 0.341 e. The van der Waals surface area contributed by atoms with E-state index in [1.807, 2.05) is 30.3 Å². The van der Waals surface area contributed by atoms with Crippen LogP contribution in [0.5, 0.6) is 0 Å². The molecule has 0 bridgehead atoms. The molecule has 10 heteroatoms. The van der Waals surface area contributed by atoms with Crippen LogP contribution in [0.4, 0.5) is 0 Å². The second-order valence-corrected chi connectivity index (χ2v) is 6.77. The molecule has 31 heavy (non-hydrogen) atoms. The zero-order chi connectivity index (χ0) is 22.0.